The Morgan fingerprint density at radius 2 is 2.41 bits per heavy atom. The van der Waals surface area contributed by atoms with Crippen LogP contribution >= 0.6 is 0 Å². The van der Waals surface area contributed by atoms with Gasteiger partial charge in [-0.05, 0) is 25.1 Å². The normalized spacial score (nSPS) is 19.0. The van der Waals surface area contributed by atoms with Crippen molar-refractivity contribution in [1.82, 2.24) is 5.32 Å². The summed E-state index contributed by atoms with van der Waals surface area (Å²) in [5, 5.41) is 15.5. The molecule has 0 spiro atoms. The fourth-order valence-corrected chi connectivity index (χ4v) is 1.86. The molecule has 92 valence electrons. The fraction of sp³-hybridized carbons (Fsp3) is 0.417. The summed E-state index contributed by atoms with van der Waals surface area (Å²) in [6.07, 6.45) is 0.830. The Hall–Kier alpha value is -1.75. The van der Waals surface area contributed by atoms with Crippen LogP contribution in [0.15, 0.2) is 18.2 Å². The molecule has 0 bridgehead atoms. The van der Waals surface area contributed by atoms with Crippen LogP contribution in [0, 0.1) is 5.92 Å². The molecular formula is C12H16N2O3. The van der Waals surface area contributed by atoms with Gasteiger partial charge in [-0.2, -0.15) is 0 Å². The fourth-order valence-electron chi connectivity index (χ4n) is 1.86. The molecule has 1 saturated heterocycles. The van der Waals surface area contributed by atoms with Gasteiger partial charge in [-0.15, -0.1) is 0 Å². The van der Waals surface area contributed by atoms with Crippen molar-refractivity contribution in [3.63, 3.8) is 0 Å². The van der Waals surface area contributed by atoms with Crippen molar-refractivity contribution in [1.29, 1.82) is 0 Å². The Morgan fingerprint density at radius 1 is 1.59 bits per heavy atom. The molecule has 1 amide bonds. The highest BCUT2D eigenvalue weighted by atomic mass is 16.5. The summed E-state index contributed by atoms with van der Waals surface area (Å²) in [6.45, 7) is 1.55. The first-order chi connectivity index (χ1) is 8.20. The van der Waals surface area contributed by atoms with E-state index in [2.05, 4.69) is 10.6 Å². The molecule has 3 N–H and O–H groups in total. The van der Waals surface area contributed by atoms with Gasteiger partial charge in [0.1, 0.15) is 11.5 Å². The molecule has 1 fully saturated rings. The van der Waals surface area contributed by atoms with E-state index < -0.39 is 0 Å². The smallest absolute Gasteiger partial charge is 0.228 e. The largest absolute Gasteiger partial charge is 0.506 e. The topological polar surface area (TPSA) is 70.6 Å². The molecule has 1 aliphatic rings. The van der Waals surface area contributed by atoms with Gasteiger partial charge in [0.2, 0.25) is 5.91 Å². The third-order valence-corrected chi connectivity index (χ3v) is 2.89. The Labute approximate surface area is 99.8 Å². The molecule has 17 heavy (non-hydrogen) atoms. The van der Waals surface area contributed by atoms with Crippen LogP contribution in [0.2, 0.25) is 0 Å². The molecule has 1 aliphatic heterocycles. The van der Waals surface area contributed by atoms with E-state index >= 15 is 0 Å². The zero-order valence-electron chi connectivity index (χ0n) is 9.69. The highest BCUT2D eigenvalue weighted by Gasteiger charge is 2.23. The summed E-state index contributed by atoms with van der Waals surface area (Å²) in [7, 11) is 1.54. The zero-order chi connectivity index (χ0) is 12.3. The van der Waals surface area contributed by atoms with Crippen LogP contribution in [0.4, 0.5) is 5.69 Å². The van der Waals surface area contributed by atoms with Gasteiger partial charge in [-0.25, -0.2) is 0 Å². The van der Waals surface area contributed by atoms with E-state index in [1.165, 1.54) is 6.07 Å². The van der Waals surface area contributed by atoms with E-state index in [9.17, 15) is 9.90 Å². The predicted octanol–water partition coefficient (Wildman–Crippen LogP) is 0.949. The monoisotopic (exact) mass is 236 g/mol. The Kier molecular flexibility index (Phi) is 3.49. The van der Waals surface area contributed by atoms with Crippen molar-refractivity contribution in [3.8, 4) is 11.5 Å². The molecule has 5 heteroatoms. The van der Waals surface area contributed by atoms with E-state index in [-0.39, 0.29) is 17.6 Å². The Bertz CT molecular complexity index is 414. The second kappa shape index (κ2) is 5.05. The van der Waals surface area contributed by atoms with Crippen LogP contribution in [0.25, 0.3) is 0 Å². The summed E-state index contributed by atoms with van der Waals surface area (Å²) in [6, 6.07) is 4.75. The molecule has 0 aliphatic carbocycles. The van der Waals surface area contributed by atoms with Crippen LogP contribution in [0.3, 0.4) is 0 Å². The standard InChI is InChI=1S/C12H16N2O3/c1-17-9-2-3-11(15)10(6-9)14-12(16)8-4-5-13-7-8/h2-3,6,8,13,15H,4-5,7H2,1H3,(H,14,16). The number of methoxy groups -OCH3 is 1. The van der Waals surface area contributed by atoms with Crippen molar-refractivity contribution >= 4 is 11.6 Å². The van der Waals surface area contributed by atoms with E-state index in [0.717, 1.165) is 13.0 Å². The number of anilines is 1. The number of nitrogens with one attached hydrogen (secondary N) is 2. The molecule has 1 aromatic carbocycles. The Morgan fingerprint density at radius 3 is 3.06 bits per heavy atom. The SMILES string of the molecule is COc1ccc(O)c(NC(=O)C2CCNC2)c1. The van der Waals surface area contributed by atoms with Crippen LogP contribution < -0.4 is 15.4 Å². The van der Waals surface area contributed by atoms with Crippen molar-refractivity contribution in [2.75, 3.05) is 25.5 Å². The number of carbonyl (C=O) groups is 1. The first-order valence-electron chi connectivity index (χ1n) is 5.59. The highest BCUT2D eigenvalue weighted by molar-refractivity contribution is 5.94. The maximum absolute atomic E-state index is 11.9. The lowest BCUT2D eigenvalue weighted by atomic mass is 10.1. The number of rotatable bonds is 3. The average molecular weight is 236 g/mol. The first-order valence-corrected chi connectivity index (χ1v) is 5.59. The summed E-state index contributed by atoms with van der Waals surface area (Å²) < 4.78 is 5.04. The van der Waals surface area contributed by atoms with Crippen LogP contribution in [0.5, 0.6) is 11.5 Å². The molecule has 1 unspecified atom stereocenters. The molecule has 0 aromatic heterocycles. The van der Waals surface area contributed by atoms with Crippen molar-refractivity contribution in [2.24, 2.45) is 5.92 Å². The quantitative estimate of drug-likeness (QED) is 0.683. The third-order valence-electron chi connectivity index (χ3n) is 2.89. The molecule has 1 heterocycles. The average Bonchev–Trinajstić information content (AvgIpc) is 2.85. The van der Waals surface area contributed by atoms with Crippen LogP contribution in [-0.4, -0.2) is 31.2 Å². The molecule has 1 aromatic rings. The number of phenols is 1. The Balaban J connectivity index is 2.09. The number of hydrogen-bond donors (Lipinski definition) is 3. The number of phenolic OH excluding ortho intramolecular Hbond substituents is 1. The van der Waals surface area contributed by atoms with Crippen LogP contribution in [-0.2, 0) is 4.79 Å². The first kappa shape index (κ1) is 11.7. The number of hydrogen-bond acceptors (Lipinski definition) is 4. The van der Waals surface area contributed by atoms with Gasteiger partial charge in [0, 0.05) is 12.6 Å². The molecule has 0 radical (unpaired) electrons. The van der Waals surface area contributed by atoms with Crippen LogP contribution in [0.1, 0.15) is 6.42 Å². The predicted molar refractivity (Wildman–Crippen MR) is 64.3 cm³/mol. The molecule has 2 rings (SSSR count). The minimum atomic E-state index is -0.0708. The lowest BCUT2D eigenvalue weighted by Gasteiger charge is -2.12. The van der Waals surface area contributed by atoms with Crippen molar-refractivity contribution < 1.29 is 14.6 Å². The zero-order valence-corrected chi connectivity index (χ0v) is 9.69. The molecule has 1 atom stereocenters. The van der Waals surface area contributed by atoms with Gasteiger partial charge in [0.05, 0.1) is 18.7 Å². The maximum Gasteiger partial charge on any atom is 0.228 e. The van der Waals surface area contributed by atoms with Gasteiger partial charge in [0.25, 0.3) is 0 Å². The van der Waals surface area contributed by atoms with Gasteiger partial charge >= 0.3 is 0 Å². The second-order valence-electron chi connectivity index (χ2n) is 4.06. The van der Waals surface area contributed by atoms with E-state index in [1.54, 1.807) is 19.2 Å². The van der Waals surface area contributed by atoms with E-state index in [4.69, 9.17) is 4.74 Å². The van der Waals surface area contributed by atoms with Gasteiger partial charge < -0.3 is 20.5 Å². The van der Waals surface area contributed by atoms with E-state index in [1.807, 2.05) is 0 Å². The van der Waals surface area contributed by atoms with Gasteiger partial charge in [0.15, 0.2) is 0 Å². The van der Waals surface area contributed by atoms with E-state index in [0.29, 0.717) is 18.0 Å². The number of aromatic hydroxyl groups is 1. The number of carbonyl (C=O) groups excluding carboxylic acids is 1. The number of amides is 1. The summed E-state index contributed by atoms with van der Waals surface area (Å²) in [5.41, 5.74) is 0.390. The van der Waals surface area contributed by atoms with Gasteiger partial charge in [-0.3, -0.25) is 4.79 Å². The summed E-state index contributed by atoms with van der Waals surface area (Å²) in [5.74, 6) is 0.548. The third kappa shape index (κ3) is 2.68. The van der Waals surface area contributed by atoms with Crippen molar-refractivity contribution in [2.45, 2.75) is 6.42 Å². The minimum Gasteiger partial charge on any atom is -0.506 e. The molecule has 0 saturated carbocycles. The highest BCUT2D eigenvalue weighted by Crippen LogP contribution is 2.28. The minimum absolute atomic E-state index is 0.0272. The summed E-state index contributed by atoms with van der Waals surface area (Å²) >= 11 is 0. The maximum atomic E-state index is 11.9. The lowest BCUT2D eigenvalue weighted by Crippen LogP contribution is -2.24. The lowest BCUT2D eigenvalue weighted by molar-refractivity contribution is -0.119. The number of ether oxygens (including phenoxy) is 1. The van der Waals surface area contributed by atoms with Crippen molar-refractivity contribution in [3.05, 3.63) is 18.2 Å². The molecule has 5 nitrogen and oxygen atoms in total. The number of benzene rings is 1. The van der Waals surface area contributed by atoms with Gasteiger partial charge in [-0.1, -0.05) is 0 Å². The molecular weight excluding hydrogens is 220 g/mol. The second-order valence-corrected chi connectivity index (χ2v) is 4.06. The summed E-state index contributed by atoms with van der Waals surface area (Å²) in [4.78, 5) is 11.9.